The molecule has 0 aliphatic heterocycles. The van der Waals surface area contributed by atoms with Crippen LogP contribution in [0.4, 0.5) is 0 Å². The van der Waals surface area contributed by atoms with Gasteiger partial charge in [-0.3, -0.25) is 4.79 Å². The molecule has 0 radical (unpaired) electrons. The van der Waals surface area contributed by atoms with Crippen molar-refractivity contribution in [3.8, 4) is 0 Å². The summed E-state index contributed by atoms with van der Waals surface area (Å²) in [4.78, 5) is 17.7. The van der Waals surface area contributed by atoms with Gasteiger partial charge < -0.3 is 14.6 Å². The Hall–Kier alpha value is -1.62. The minimum atomic E-state index is -0.120. The SMILES string of the molecule is CCc1nc(C)c(CNC(=O)/C=C/CN(C)C)o1. The topological polar surface area (TPSA) is 58.4 Å². The second-order valence-corrected chi connectivity index (χ2v) is 4.35. The monoisotopic (exact) mass is 251 g/mol. The second kappa shape index (κ2) is 6.96. The zero-order valence-corrected chi connectivity index (χ0v) is 11.5. The Bertz CT molecular complexity index is 422. The molecule has 0 aliphatic carbocycles. The van der Waals surface area contributed by atoms with E-state index >= 15 is 0 Å². The standard InChI is InChI=1S/C13H21N3O2/c1-5-13-15-10(2)11(18-13)9-14-12(17)7-6-8-16(3)4/h6-7H,5,8-9H2,1-4H3,(H,14,17)/b7-6+. The van der Waals surface area contributed by atoms with Gasteiger partial charge in [0.2, 0.25) is 5.91 Å². The smallest absolute Gasteiger partial charge is 0.244 e. The first-order valence-electron chi connectivity index (χ1n) is 6.07. The van der Waals surface area contributed by atoms with Crippen molar-refractivity contribution in [1.29, 1.82) is 0 Å². The quantitative estimate of drug-likeness (QED) is 0.774. The Morgan fingerprint density at radius 1 is 1.50 bits per heavy atom. The molecule has 0 unspecified atom stereocenters. The van der Waals surface area contributed by atoms with Crippen molar-refractivity contribution >= 4 is 5.91 Å². The maximum atomic E-state index is 11.5. The first-order chi connectivity index (χ1) is 8.52. The van der Waals surface area contributed by atoms with Crippen LogP contribution in [0.15, 0.2) is 16.6 Å². The van der Waals surface area contributed by atoms with Gasteiger partial charge in [-0.15, -0.1) is 0 Å². The van der Waals surface area contributed by atoms with Crippen molar-refractivity contribution in [3.63, 3.8) is 0 Å². The van der Waals surface area contributed by atoms with E-state index in [0.717, 1.165) is 24.4 Å². The molecule has 5 nitrogen and oxygen atoms in total. The van der Waals surface area contributed by atoms with Crippen LogP contribution in [-0.4, -0.2) is 36.4 Å². The van der Waals surface area contributed by atoms with Crippen LogP contribution >= 0.6 is 0 Å². The fourth-order valence-corrected chi connectivity index (χ4v) is 1.40. The minimum Gasteiger partial charge on any atom is -0.444 e. The summed E-state index contributed by atoms with van der Waals surface area (Å²) in [7, 11) is 3.90. The number of amides is 1. The Balaban J connectivity index is 2.42. The van der Waals surface area contributed by atoms with Crippen LogP contribution in [0.3, 0.4) is 0 Å². The van der Waals surface area contributed by atoms with E-state index in [0.29, 0.717) is 12.4 Å². The number of hydrogen-bond donors (Lipinski definition) is 1. The number of aryl methyl sites for hydroxylation is 2. The van der Waals surface area contributed by atoms with Crippen molar-refractivity contribution in [2.75, 3.05) is 20.6 Å². The third-order valence-corrected chi connectivity index (χ3v) is 2.40. The number of carbonyl (C=O) groups excluding carboxylic acids is 1. The molecule has 1 rings (SSSR count). The molecule has 1 aromatic heterocycles. The molecular formula is C13H21N3O2. The molecule has 0 saturated heterocycles. The van der Waals surface area contributed by atoms with Crippen LogP contribution in [-0.2, 0) is 17.8 Å². The van der Waals surface area contributed by atoms with Crippen LogP contribution in [0.25, 0.3) is 0 Å². The lowest BCUT2D eigenvalue weighted by Crippen LogP contribution is -2.21. The average Bonchev–Trinajstić information content (AvgIpc) is 2.67. The molecule has 1 amide bonds. The highest BCUT2D eigenvalue weighted by atomic mass is 16.4. The van der Waals surface area contributed by atoms with Crippen molar-refractivity contribution in [3.05, 3.63) is 29.5 Å². The molecule has 1 heterocycles. The number of aromatic nitrogens is 1. The molecule has 0 spiro atoms. The predicted octanol–water partition coefficient (Wildman–Crippen LogP) is 1.28. The summed E-state index contributed by atoms with van der Waals surface area (Å²) in [5.41, 5.74) is 0.837. The first kappa shape index (κ1) is 14.4. The number of oxazole rings is 1. The molecule has 1 aromatic rings. The summed E-state index contributed by atoms with van der Waals surface area (Å²) in [6.45, 7) is 4.99. The zero-order chi connectivity index (χ0) is 13.5. The van der Waals surface area contributed by atoms with Gasteiger partial charge in [0.05, 0.1) is 12.2 Å². The lowest BCUT2D eigenvalue weighted by atomic mass is 10.3. The Labute approximate surface area is 108 Å². The van der Waals surface area contributed by atoms with Crippen LogP contribution in [0.5, 0.6) is 0 Å². The van der Waals surface area contributed by atoms with Crippen LogP contribution in [0.1, 0.15) is 24.3 Å². The summed E-state index contributed by atoms with van der Waals surface area (Å²) in [5, 5.41) is 2.77. The van der Waals surface area contributed by atoms with E-state index in [1.807, 2.05) is 38.9 Å². The van der Waals surface area contributed by atoms with E-state index < -0.39 is 0 Å². The largest absolute Gasteiger partial charge is 0.444 e. The van der Waals surface area contributed by atoms with E-state index in [4.69, 9.17) is 4.42 Å². The van der Waals surface area contributed by atoms with Crippen molar-refractivity contribution in [2.45, 2.75) is 26.8 Å². The minimum absolute atomic E-state index is 0.120. The van der Waals surface area contributed by atoms with Crippen LogP contribution in [0.2, 0.25) is 0 Å². The molecule has 5 heteroatoms. The van der Waals surface area contributed by atoms with E-state index in [9.17, 15) is 4.79 Å². The summed E-state index contributed by atoms with van der Waals surface area (Å²) in [6.07, 6.45) is 4.12. The van der Waals surface area contributed by atoms with Crippen LogP contribution < -0.4 is 5.32 Å². The van der Waals surface area contributed by atoms with Gasteiger partial charge in [-0.2, -0.15) is 0 Å². The first-order valence-corrected chi connectivity index (χ1v) is 6.07. The van der Waals surface area contributed by atoms with Crippen molar-refractivity contribution in [2.24, 2.45) is 0 Å². The zero-order valence-electron chi connectivity index (χ0n) is 11.5. The van der Waals surface area contributed by atoms with Gasteiger partial charge in [-0.1, -0.05) is 13.0 Å². The van der Waals surface area contributed by atoms with Gasteiger partial charge in [-0.05, 0) is 21.0 Å². The number of likely N-dealkylation sites (N-methyl/N-ethyl adjacent to an activating group) is 1. The van der Waals surface area contributed by atoms with Gasteiger partial charge in [0.25, 0.3) is 0 Å². The van der Waals surface area contributed by atoms with E-state index in [1.54, 1.807) is 0 Å². The molecule has 1 N–H and O–H groups in total. The molecule has 0 fully saturated rings. The highest BCUT2D eigenvalue weighted by Crippen LogP contribution is 2.10. The summed E-state index contributed by atoms with van der Waals surface area (Å²) < 4.78 is 5.50. The number of carbonyl (C=O) groups is 1. The molecule has 0 aliphatic rings. The maximum absolute atomic E-state index is 11.5. The fraction of sp³-hybridized carbons (Fsp3) is 0.538. The van der Waals surface area contributed by atoms with Gasteiger partial charge >= 0.3 is 0 Å². The fourth-order valence-electron chi connectivity index (χ4n) is 1.40. The molecule has 0 atom stereocenters. The molecule has 0 bridgehead atoms. The van der Waals surface area contributed by atoms with Gasteiger partial charge in [0.15, 0.2) is 5.89 Å². The number of hydrogen-bond acceptors (Lipinski definition) is 4. The van der Waals surface area contributed by atoms with Gasteiger partial charge in [0, 0.05) is 19.0 Å². The van der Waals surface area contributed by atoms with Crippen molar-refractivity contribution < 1.29 is 9.21 Å². The van der Waals surface area contributed by atoms with E-state index in [2.05, 4.69) is 10.3 Å². The highest BCUT2D eigenvalue weighted by molar-refractivity contribution is 5.87. The summed E-state index contributed by atoms with van der Waals surface area (Å²) in [5.74, 6) is 1.31. The molecular weight excluding hydrogens is 230 g/mol. The normalized spacial score (nSPS) is 11.4. The second-order valence-electron chi connectivity index (χ2n) is 4.35. The molecule has 100 valence electrons. The Morgan fingerprint density at radius 2 is 2.22 bits per heavy atom. The third-order valence-electron chi connectivity index (χ3n) is 2.40. The van der Waals surface area contributed by atoms with Crippen molar-refractivity contribution in [1.82, 2.24) is 15.2 Å². The van der Waals surface area contributed by atoms with Gasteiger partial charge in [-0.25, -0.2) is 4.98 Å². The van der Waals surface area contributed by atoms with E-state index in [1.165, 1.54) is 6.08 Å². The average molecular weight is 251 g/mol. The number of nitrogens with one attached hydrogen (secondary N) is 1. The Kier molecular flexibility index (Phi) is 5.58. The van der Waals surface area contributed by atoms with Crippen LogP contribution in [0, 0.1) is 6.92 Å². The van der Waals surface area contributed by atoms with E-state index in [-0.39, 0.29) is 5.91 Å². The Morgan fingerprint density at radius 3 is 2.78 bits per heavy atom. The lowest BCUT2D eigenvalue weighted by Gasteiger charge is -2.03. The maximum Gasteiger partial charge on any atom is 0.244 e. The molecule has 0 aromatic carbocycles. The third kappa shape index (κ3) is 4.71. The highest BCUT2D eigenvalue weighted by Gasteiger charge is 2.08. The molecule has 18 heavy (non-hydrogen) atoms. The van der Waals surface area contributed by atoms with Gasteiger partial charge in [0.1, 0.15) is 5.76 Å². The summed E-state index contributed by atoms with van der Waals surface area (Å²) in [6, 6.07) is 0. The number of nitrogens with zero attached hydrogens (tertiary/aromatic N) is 2. The lowest BCUT2D eigenvalue weighted by molar-refractivity contribution is -0.116. The number of rotatable bonds is 6. The predicted molar refractivity (Wildman–Crippen MR) is 70.2 cm³/mol. The molecule has 0 saturated carbocycles. The summed E-state index contributed by atoms with van der Waals surface area (Å²) >= 11 is 0.